The molecule has 1 atom stereocenters. The molecular weight excluding hydrogens is 196 g/mol. The fourth-order valence-corrected chi connectivity index (χ4v) is 2.01. The highest BCUT2D eigenvalue weighted by atomic mass is 14.9. The van der Waals surface area contributed by atoms with Gasteiger partial charge in [-0.2, -0.15) is 0 Å². The molecule has 0 fully saturated rings. The van der Waals surface area contributed by atoms with E-state index in [4.69, 9.17) is 0 Å². The number of rotatable bonds is 6. The number of nitrogens with one attached hydrogen (secondary N) is 1. The van der Waals surface area contributed by atoms with Crippen LogP contribution in [0.3, 0.4) is 0 Å². The molecule has 1 heterocycles. The molecule has 0 saturated carbocycles. The van der Waals surface area contributed by atoms with Crippen molar-refractivity contribution in [1.29, 1.82) is 0 Å². The Morgan fingerprint density at radius 3 is 2.62 bits per heavy atom. The molecule has 16 heavy (non-hydrogen) atoms. The van der Waals surface area contributed by atoms with Gasteiger partial charge in [-0.1, -0.05) is 32.8 Å². The number of aryl methyl sites for hydroxylation is 1. The van der Waals surface area contributed by atoms with Gasteiger partial charge in [-0.05, 0) is 37.9 Å². The fraction of sp³-hybridized carbons (Fsp3) is 0.643. The Morgan fingerprint density at radius 1 is 1.31 bits per heavy atom. The Bertz CT molecular complexity index is 307. The van der Waals surface area contributed by atoms with E-state index in [1.807, 2.05) is 19.3 Å². The van der Waals surface area contributed by atoms with E-state index in [1.54, 1.807) is 0 Å². The van der Waals surface area contributed by atoms with Crippen molar-refractivity contribution < 1.29 is 0 Å². The van der Waals surface area contributed by atoms with Crippen molar-refractivity contribution in [3.63, 3.8) is 0 Å². The average Bonchev–Trinajstić information content (AvgIpc) is 2.25. The first-order valence-electron chi connectivity index (χ1n) is 6.24. The van der Waals surface area contributed by atoms with Crippen molar-refractivity contribution in [3.8, 4) is 0 Å². The van der Waals surface area contributed by atoms with Crippen molar-refractivity contribution in [2.24, 2.45) is 5.92 Å². The van der Waals surface area contributed by atoms with Gasteiger partial charge >= 0.3 is 0 Å². The van der Waals surface area contributed by atoms with Crippen LogP contribution >= 0.6 is 0 Å². The molecular formula is C14H24N2. The van der Waals surface area contributed by atoms with Crippen LogP contribution in [0.2, 0.25) is 0 Å². The second-order valence-electron chi connectivity index (χ2n) is 4.87. The molecule has 0 amide bonds. The van der Waals surface area contributed by atoms with E-state index in [9.17, 15) is 0 Å². The SMILES string of the molecule is CNC(CCCC(C)C)c1ncccc1C. The van der Waals surface area contributed by atoms with E-state index in [0.29, 0.717) is 6.04 Å². The summed E-state index contributed by atoms with van der Waals surface area (Å²) in [6.07, 6.45) is 5.62. The number of pyridine rings is 1. The largest absolute Gasteiger partial charge is 0.312 e. The molecule has 0 aromatic carbocycles. The predicted molar refractivity (Wildman–Crippen MR) is 69.5 cm³/mol. The van der Waals surface area contributed by atoms with Gasteiger partial charge in [-0.3, -0.25) is 4.98 Å². The lowest BCUT2D eigenvalue weighted by Gasteiger charge is -2.18. The van der Waals surface area contributed by atoms with Crippen molar-refractivity contribution in [2.45, 2.75) is 46.1 Å². The highest BCUT2D eigenvalue weighted by molar-refractivity contribution is 5.20. The zero-order chi connectivity index (χ0) is 12.0. The van der Waals surface area contributed by atoms with Crippen LogP contribution in [0.4, 0.5) is 0 Å². The first-order chi connectivity index (χ1) is 7.65. The van der Waals surface area contributed by atoms with E-state index in [2.05, 4.69) is 37.1 Å². The van der Waals surface area contributed by atoms with Gasteiger partial charge in [-0.25, -0.2) is 0 Å². The van der Waals surface area contributed by atoms with Crippen LogP contribution in [0, 0.1) is 12.8 Å². The molecule has 1 aromatic heterocycles. The van der Waals surface area contributed by atoms with Crippen LogP contribution in [-0.4, -0.2) is 12.0 Å². The van der Waals surface area contributed by atoms with Gasteiger partial charge in [0.2, 0.25) is 0 Å². The first-order valence-corrected chi connectivity index (χ1v) is 6.24. The summed E-state index contributed by atoms with van der Waals surface area (Å²) in [4.78, 5) is 4.48. The van der Waals surface area contributed by atoms with E-state index in [-0.39, 0.29) is 0 Å². The lowest BCUT2D eigenvalue weighted by Crippen LogP contribution is -2.18. The maximum Gasteiger partial charge on any atom is 0.0602 e. The molecule has 0 radical (unpaired) electrons. The highest BCUT2D eigenvalue weighted by Gasteiger charge is 2.12. The standard InChI is InChI=1S/C14H24N2/c1-11(2)7-5-9-13(15-4)14-12(3)8-6-10-16-14/h6,8,10-11,13,15H,5,7,9H2,1-4H3. The normalized spacial score (nSPS) is 13.1. The van der Waals surface area contributed by atoms with Gasteiger partial charge in [0.25, 0.3) is 0 Å². The summed E-state index contributed by atoms with van der Waals surface area (Å²) < 4.78 is 0. The topological polar surface area (TPSA) is 24.9 Å². The summed E-state index contributed by atoms with van der Waals surface area (Å²) in [6.45, 7) is 6.69. The van der Waals surface area contributed by atoms with E-state index >= 15 is 0 Å². The minimum absolute atomic E-state index is 0.403. The Hall–Kier alpha value is -0.890. The third-order valence-corrected chi connectivity index (χ3v) is 3.00. The summed E-state index contributed by atoms with van der Waals surface area (Å²) in [5.41, 5.74) is 2.49. The number of hydrogen-bond acceptors (Lipinski definition) is 2. The Labute approximate surface area is 99.5 Å². The maximum atomic E-state index is 4.48. The lowest BCUT2D eigenvalue weighted by atomic mass is 9.99. The van der Waals surface area contributed by atoms with E-state index in [1.165, 1.54) is 30.5 Å². The van der Waals surface area contributed by atoms with E-state index in [0.717, 1.165) is 5.92 Å². The lowest BCUT2D eigenvalue weighted by molar-refractivity contribution is 0.463. The molecule has 0 aliphatic rings. The van der Waals surface area contributed by atoms with Gasteiger partial charge in [0, 0.05) is 12.2 Å². The summed E-state index contributed by atoms with van der Waals surface area (Å²) >= 11 is 0. The predicted octanol–water partition coefficient (Wildman–Crippen LogP) is 3.48. The van der Waals surface area contributed by atoms with Gasteiger partial charge in [0.1, 0.15) is 0 Å². The molecule has 0 bridgehead atoms. The molecule has 90 valence electrons. The van der Waals surface area contributed by atoms with Gasteiger partial charge in [0.15, 0.2) is 0 Å². The van der Waals surface area contributed by atoms with Crippen LogP contribution in [0.25, 0.3) is 0 Å². The van der Waals surface area contributed by atoms with Crippen LogP contribution in [0.15, 0.2) is 18.3 Å². The van der Waals surface area contributed by atoms with Crippen molar-refractivity contribution in [3.05, 3.63) is 29.6 Å². The van der Waals surface area contributed by atoms with Crippen LogP contribution in [0.5, 0.6) is 0 Å². The Kier molecular flexibility index (Phi) is 5.47. The molecule has 1 N–H and O–H groups in total. The zero-order valence-electron chi connectivity index (χ0n) is 11.0. The molecule has 1 rings (SSSR count). The van der Waals surface area contributed by atoms with Crippen LogP contribution < -0.4 is 5.32 Å². The summed E-state index contributed by atoms with van der Waals surface area (Å²) in [7, 11) is 2.02. The van der Waals surface area contributed by atoms with Gasteiger partial charge in [-0.15, -0.1) is 0 Å². The number of aromatic nitrogens is 1. The summed E-state index contributed by atoms with van der Waals surface area (Å²) in [6, 6.07) is 4.54. The van der Waals surface area contributed by atoms with Crippen molar-refractivity contribution >= 4 is 0 Å². The van der Waals surface area contributed by atoms with Crippen molar-refractivity contribution in [1.82, 2.24) is 10.3 Å². The molecule has 0 saturated heterocycles. The molecule has 1 unspecified atom stereocenters. The molecule has 1 aromatic rings. The molecule has 0 aliphatic carbocycles. The van der Waals surface area contributed by atoms with Crippen LogP contribution in [-0.2, 0) is 0 Å². The number of nitrogens with zero attached hydrogens (tertiary/aromatic N) is 1. The summed E-state index contributed by atoms with van der Waals surface area (Å²) in [5.74, 6) is 0.794. The van der Waals surface area contributed by atoms with Gasteiger partial charge < -0.3 is 5.32 Å². The molecule has 0 spiro atoms. The Balaban J connectivity index is 2.57. The number of hydrogen-bond donors (Lipinski definition) is 1. The second-order valence-corrected chi connectivity index (χ2v) is 4.87. The zero-order valence-corrected chi connectivity index (χ0v) is 11.0. The minimum Gasteiger partial charge on any atom is -0.312 e. The van der Waals surface area contributed by atoms with E-state index < -0.39 is 0 Å². The third kappa shape index (κ3) is 3.93. The third-order valence-electron chi connectivity index (χ3n) is 3.00. The summed E-state index contributed by atoms with van der Waals surface area (Å²) in [5, 5.41) is 3.37. The first kappa shape index (κ1) is 13.2. The maximum absolute atomic E-state index is 4.48. The molecule has 2 heteroatoms. The van der Waals surface area contributed by atoms with Crippen LogP contribution in [0.1, 0.15) is 50.4 Å². The molecule has 0 aliphatic heterocycles. The minimum atomic E-state index is 0.403. The van der Waals surface area contributed by atoms with Crippen molar-refractivity contribution in [2.75, 3.05) is 7.05 Å². The fourth-order valence-electron chi connectivity index (χ4n) is 2.01. The quantitative estimate of drug-likeness (QED) is 0.794. The molecule has 2 nitrogen and oxygen atoms in total. The average molecular weight is 220 g/mol. The highest BCUT2D eigenvalue weighted by Crippen LogP contribution is 2.21. The second kappa shape index (κ2) is 6.64. The van der Waals surface area contributed by atoms with Gasteiger partial charge in [0.05, 0.1) is 5.69 Å². The smallest absolute Gasteiger partial charge is 0.0602 e. The Morgan fingerprint density at radius 2 is 2.06 bits per heavy atom. The monoisotopic (exact) mass is 220 g/mol.